The molecule has 18 heavy (non-hydrogen) atoms. The van der Waals surface area contributed by atoms with Crippen LogP contribution in [0.3, 0.4) is 0 Å². The van der Waals surface area contributed by atoms with Crippen LogP contribution in [0, 0.1) is 5.92 Å². The molecule has 0 aliphatic carbocycles. The number of rotatable bonds is 5. The van der Waals surface area contributed by atoms with Gasteiger partial charge in [-0.3, -0.25) is 4.79 Å². The number of methoxy groups -OCH3 is 1. The molecular weight excluding hydrogens is 240 g/mol. The van der Waals surface area contributed by atoms with Crippen molar-refractivity contribution < 1.29 is 9.53 Å². The van der Waals surface area contributed by atoms with Gasteiger partial charge in [-0.25, -0.2) is 0 Å². The van der Waals surface area contributed by atoms with Gasteiger partial charge in [0.1, 0.15) is 0 Å². The van der Waals surface area contributed by atoms with Gasteiger partial charge >= 0.3 is 5.97 Å². The normalized spacial score (nSPS) is 13.4. The zero-order valence-corrected chi connectivity index (χ0v) is 13.1. The molecule has 0 heterocycles. The first kappa shape index (κ1) is 15.0. The monoisotopic (exact) mass is 264 g/mol. The minimum Gasteiger partial charge on any atom is -0.469 e. The van der Waals surface area contributed by atoms with Gasteiger partial charge in [0, 0.05) is 0 Å². The van der Waals surface area contributed by atoms with E-state index in [-0.39, 0.29) is 11.5 Å². The lowest BCUT2D eigenvalue weighted by Gasteiger charge is -2.32. The molecule has 0 bridgehead atoms. The van der Waals surface area contributed by atoms with Crippen molar-refractivity contribution >= 4 is 19.2 Å². The maximum atomic E-state index is 12.1. The number of benzene rings is 1. The lowest BCUT2D eigenvalue weighted by Crippen LogP contribution is -2.49. The Morgan fingerprint density at radius 3 is 2.22 bits per heavy atom. The fraction of sp³-hybridized carbons (Fsp3) is 0.533. The minimum atomic E-state index is -1.83. The zero-order chi connectivity index (χ0) is 13.8. The van der Waals surface area contributed by atoms with Gasteiger partial charge < -0.3 is 4.74 Å². The topological polar surface area (TPSA) is 26.3 Å². The molecule has 2 nitrogen and oxygen atoms in total. The molecule has 0 spiro atoms. The largest absolute Gasteiger partial charge is 0.469 e. The first-order valence-electron chi connectivity index (χ1n) is 6.53. The van der Waals surface area contributed by atoms with E-state index < -0.39 is 8.07 Å². The fourth-order valence-electron chi connectivity index (χ4n) is 2.37. The third-order valence-corrected chi connectivity index (χ3v) is 7.62. The van der Waals surface area contributed by atoms with Crippen LogP contribution in [0.15, 0.2) is 30.3 Å². The van der Waals surface area contributed by atoms with E-state index in [1.807, 2.05) is 18.2 Å². The van der Waals surface area contributed by atoms with Gasteiger partial charge in [-0.2, -0.15) is 0 Å². The summed E-state index contributed by atoms with van der Waals surface area (Å²) >= 11 is 0. The Bertz CT molecular complexity index is 385. The molecule has 0 saturated heterocycles. The van der Waals surface area contributed by atoms with Crippen LogP contribution in [0.1, 0.15) is 20.3 Å². The molecule has 0 aromatic heterocycles. The molecular formula is C15H24O2Si. The number of hydrogen-bond acceptors (Lipinski definition) is 2. The Labute approximate surface area is 111 Å². The Kier molecular flexibility index (Phi) is 5.14. The minimum absolute atomic E-state index is 0.0323. The lowest BCUT2D eigenvalue weighted by atomic mass is 10.1. The van der Waals surface area contributed by atoms with E-state index in [4.69, 9.17) is 4.74 Å². The van der Waals surface area contributed by atoms with Crippen molar-refractivity contribution in [3.63, 3.8) is 0 Å². The predicted molar refractivity (Wildman–Crippen MR) is 78.8 cm³/mol. The van der Waals surface area contributed by atoms with Gasteiger partial charge in [0.05, 0.1) is 20.7 Å². The number of ether oxygens (including phenoxy) is 1. The first-order valence-corrected chi connectivity index (χ1v) is 9.60. The molecule has 0 N–H and O–H groups in total. The number of esters is 1. The molecule has 0 saturated carbocycles. The summed E-state index contributed by atoms with van der Waals surface area (Å²) < 4.78 is 5.02. The van der Waals surface area contributed by atoms with Crippen molar-refractivity contribution in [3.8, 4) is 0 Å². The maximum absolute atomic E-state index is 12.1. The second-order valence-electron chi connectivity index (χ2n) is 5.79. The van der Waals surface area contributed by atoms with Crippen molar-refractivity contribution in [2.45, 2.75) is 38.9 Å². The predicted octanol–water partition coefficient (Wildman–Crippen LogP) is 3.19. The van der Waals surface area contributed by atoms with Crippen LogP contribution in [-0.4, -0.2) is 21.2 Å². The van der Waals surface area contributed by atoms with Gasteiger partial charge in [-0.15, -0.1) is 0 Å². The van der Waals surface area contributed by atoms with Crippen molar-refractivity contribution in [2.24, 2.45) is 5.92 Å². The highest BCUT2D eigenvalue weighted by molar-refractivity contribution is 6.93. The third-order valence-electron chi connectivity index (χ3n) is 3.58. The summed E-state index contributed by atoms with van der Waals surface area (Å²) in [5.74, 6) is 0.453. The second kappa shape index (κ2) is 6.18. The summed E-state index contributed by atoms with van der Waals surface area (Å²) in [6, 6.07) is 10.4. The summed E-state index contributed by atoms with van der Waals surface area (Å²) in [4.78, 5) is 12.1. The van der Waals surface area contributed by atoms with Crippen molar-refractivity contribution in [1.29, 1.82) is 0 Å². The van der Waals surface area contributed by atoms with Gasteiger partial charge in [0.25, 0.3) is 0 Å². The van der Waals surface area contributed by atoms with E-state index in [0.29, 0.717) is 5.92 Å². The SMILES string of the molecule is COC(=O)[C@@H](CC(C)C)[Si](C)(C)c1ccccc1. The molecule has 0 amide bonds. The highest BCUT2D eigenvalue weighted by Crippen LogP contribution is 2.30. The van der Waals surface area contributed by atoms with Gasteiger partial charge in [0.2, 0.25) is 0 Å². The number of hydrogen-bond donors (Lipinski definition) is 0. The van der Waals surface area contributed by atoms with Crippen LogP contribution >= 0.6 is 0 Å². The van der Waals surface area contributed by atoms with Crippen LogP contribution in [0.2, 0.25) is 18.6 Å². The summed E-state index contributed by atoms with van der Waals surface area (Å²) in [6.45, 7) is 8.83. The van der Waals surface area contributed by atoms with E-state index in [9.17, 15) is 4.79 Å². The number of carbonyl (C=O) groups excluding carboxylic acids is 1. The quantitative estimate of drug-likeness (QED) is 0.603. The molecule has 0 fully saturated rings. The molecule has 1 atom stereocenters. The van der Waals surface area contributed by atoms with Crippen molar-refractivity contribution in [2.75, 3.05) is 7.11 Å². The molecule has 1 rings (SSSR count). The van der Waals surface area contributed by atoms with Gasteiger partial charge in [-0.1, -0.05) is 62.5 Å². The second-order valence-corrected chi connectivity index (χ2v) is 10.5. The van der Waals surface area contributed by atoms with Crippen LogP contribution in [0.4, 0.5) is 0 Å². The molecule has 100 valence electrons. The smallest absolute Gasteiger partial charge is 0.306 e. The average Bonchev–Trinajstić information content (AvgIpc) is 2.35. The van der Waals surface area contributed by atoms with E-state index in [1.165, 1.54) is 12.3 Å². The molecule has 0 aliphatic rings. The molecule has 3 heteroatoms. The molecule has 1 aromatic rings. The first-order chi connectivity index (χ1) is 8.39. The van der Waals surface area contributed by atoms with Gasteiger partial charge in [0.15, 0.2) is 0 Å². The standard InChI is InChI=1S/C15H24O2Si/c1-12(2)11-14(15(16)17-3)18(4,5)13-9-7-6-8-10-13/h6-10,12,14H,11H2,1-5H3/t14-/m1/s1. The lowest BCUT2D eigenvalue weighted by molar-refractivity contribution is -0.141. The third kappa shape index (κ3) is 3.45. The Morgan fingerprint density at radius 1 is 1.22 bits per heavy atom. The van der Waals surface area contributed by atoms with Gasteiger partial charge in [-0.05, 0) is 12.3 Å². The molecule has 0 aliphatic heterocycles. The molecule has 0 unspecified atom stereocenters. The summed E-state index contributed by atoms with van der Waals surface area (Å²) in [7, 11) is -0.339. The van der Waals surface area contributed by atoms with Crippen molar-refractivity contribution in [3.05, 3.63) is 30.3 Å². The highest BCUT2D eigenvalue weighted by Gasteiger charge is 2.39. The number of carbonyl (C=O) groups is 1. The Hall–Kier alpha value is -1.09. The zero-order valence-electron chi connectivity index (χ0n) is 12.1. The van der Waals surface area contributed by atoms with E-state index in [1.54, 1.807) is 0 Å². The van der Waals surface area contributed by atoms with Crippen molar-refractivity contribution in [1.82, 2.24) is 0 Å². The highest BCUT2D eigenvalue weighted by atomic mass is 28.3. The van der Waals surface area contributed by atoms with Crippen LogP contribution in [0.25, 0.3) is 0 Å². The Balaban J connectivity index is 3.07. The van der Waals surface area contributed by atoms with Crippen LogP contribution in [-0.2, 0) is 9.53 Å². The van der Waals surface area contributed by atoms with Crippen LogP contribution in [0.5, 0.6) is 0 Å². The average molecular weight is 264 g/mol. The Morgan fingerprint density at radius 2 is 1.78 bits per heavy atom. The van der Waals surface area contributed by atoms with Crippen LogP contribution < -0.4 is 5.19 Å². The summed E-state index contributed by atoms with van der Waals surface area (Å²) in [5.41, 5.74) is 0.0323. The van der Waals surface area contributed by atoms with E-state index >= 15 is 0 Å². The maximum Gasteiger partial charge on any atom is 0.306 e. The van der Waals surface area contributed by atoms with E-state index in [2.05, 4.69) is 39.1 Å². The summed E-state index contributed by atoms with van der Waals surface area (Å²) in [6.07, 6.45) is 0.904. The molecule has 0 radical (unpaired) electrons. The molecule has 1 aromatic carbocycles. The summed E-state index contributed by atoms with van der Waals surface area (Å²) in [5, 5.41) is 1.32. The van der Waals surface area contributed by atoms with E-state index in [0.717, 1.165) is 6.42 Å². The fourth-order valence-corrected chi connectivity index (χ4v) is 5.59.